The maximum Gasteiger partial charge on any atom is 0.231 e. The molecule has 1 heterocycles. The van der Waals surface area contributed by atoms with Gasteiger partial charge in [0.15, 0.2) is 11.5 Å². The Hall–Kier alpha value is -0.740. The Morgan fingerprint density at radius 3 is 2.74 bits per heavy atom. The number of rotatable bonds is 4. The lowest BCUT2D eigenvalue weighted by atomic mass is 9.82. The normalized spacial score (nSPS) is 15.6. The summed E-state index contributed by atoms with van der Waals surface area (Å²) in [4.78, 5) is 0. The van der Waals surface area contributed by atoms with Crippen molar-refractivity contribution < 1.29 is 9.47 Å². The van der Waals surface area contributed by atoms with Crippen molar-refractivity contribution in [3.05, 3.63) is 22.2 Å². The fraction of sp³-hybridized carbons (Fsp3) is 0.600. The molecular weight excluding hydrogens is 306 g/mol. The zero-order valence-corrected chi connectivity index (χ0v) is 13.6. The Balaban J connectivity index is 1.92. The summed E-state index contributed by atoms with van der Waals surface area (Å²) in [5, 5.41) is 3.51. The van der Waals surface area contributed by atoms with E-state index in [0.29, 0.717) is 18.1 Å². The summed E-state index contributed by atoms with van der Waals surface area (Å²) in [6.07, 6.45) is 0. The molecule has 1 aliphatic rings. The van der Waals surface area contributed by atoms with Crippen LogP contribution in [0.2, 0.25) is 0 Å². The highest BCUT2D eigenvalue weighted by Gasteiger charge is 2.20. The minimum Gasteiger partial charge on any atom is -0.454 e. The molecule has 1 N–H and O–H groups in total. The smallest absolute Gasteiger partial charge is 0.231 e. The number of hydrogen-bond donors (Lipinski definition) is 1. The van der Waals surface area contributed by atoms with Gasteiger partial charge in [0, 0.05) is 6.54 Å². The molecule has 0 aliphatic carbocycles. The maximum atomic E-state index is 5.42. The monoisotopic (exact) mass is 327 g/mol. The van der Waals surface area contributed by atoms with Crippen molar-refractivity contribution in [1.29, 1.82) is 0 Å². The molecule has 0 saturated carbocycles. The van der Waals surface area contributed by atoms with E-state index in [4.69, 9.17) is 9.47 Å². The third-order valence-electron chi connectivity index (χ3n) is 3.75. The molecule has 19 heavy (non-hydrogen) atoms. The van der Waals surface area contributed by atoms with Gasteiger partial charge in [-0.15, -0.1) is 0 Å². The van der Waals surface area contributed by atoms with E-state index in [9.17, 15) is 0 Å². The van der Waals surface area contributed by atoms with Crippen LogP contribution in [0.1, 0.15) is 33.3 Å². The molecule has 0 aromatic heterocycles. The second kappa shape index (κ2) is 5.71. The van der Waals surface area contributed by atoms with Gasteiger partial charge in [-0.1, -0.05) is 27.7 Å². The van der Waals surface area contributed by atoms with Gasteiger partial charge in [0.2, 0.25) is 6.79 Å². The number of halogens is 1. The van der Waals surface area contributed by atoms with Gasteiger partial charge in [-0.25, -0.2) is 0 Å². The van der Waals surface area contributed by atoms with E-state index >= 15 is 0 Å². The predicted molar refractivity (Wildman–Crippen MR) is 80.6 cm³/mol. The van der Waals surface area contributed by atoms with Gasteiger partial charge in [0.05, 0.1) is 4.47 Å². The summed E-state index contributed by atoms with van der Waals surface area (Å²) in [6, 6.07) is 4.13. The number of benzene rings is 1. The highest BCUT2D eigenvalue weighted by molar-refractivity contribution is 9.10. The summed E-state index contributed by atoms with van der Waals surface area (Å²) in [5.41, 5.74) is 1.54. The molecule has 0 bridgehead atoms. The van der Waals surface area contributed by atoms with Crippen molar-refractivity contribution in [3.8, 4) is 11.5 Å². The lowest BCUT2D eigenvalue weighted by molar-refractivity contribution is 0.173. The first kappa shape index (κ1) is 14.7. The van der Waals surface area contributed by atoms with Gasteiger partial charge >= 0.3 is 0 Å². The van der Waals surface area contributed by atoms with Crippen LogP contribution in [0, 0.1) is 11.3 Å². The minimum atomic E-state index is 0.311. The van der Waals surface area contributed by atoms with Crippen LogP contribution in [0.4, 0.5) is 0 Å². The number of hydrogen-bond acceptors (Lipinski definition) is 3. The summed E-state index contributed by atoms with van der Waals surface area (Å²) in [7, 11) is 0. The highest BCUT2D eigenvalue weighted by Crippen LogP contribution is 2.39. The van der Waals surface area contributed by atoms with Crippen molar-refractivity contribution in [2.45, 2.75) is 34.2 Å². The zero-order valence-electron chi connectivity index (χ0n) is 12.0. The van der Waals surface area contributed by atoms with Crippen LogP contribution in [0.5, 0.6) is 11.5 Å². The first-order chi connectivity index (χ1) is 8.88. The molecule has 106 valence electrons. The summed E-state index contributed by atoms with van der Waals surface area (Å²) < 4.78 is 11.8. The Labute approximate surface area is 123 Å². The van der Waals surface area contributed by atoms with Crippen LogP contribution in [0.3, 0.4) is 0 Å². The second-order valence-corrected chi connectivity index (χ2v) is 7.06. The summed E-state index contributed by atoms with van der Waals surface area (Å²) in [6.45, 7) is 11.3. The van der Waals surface area contributed by atoms with Crippen molar-refractivity contribution in [1.82, 2.24) is 5.32 Å². The van der Waals surface area contributed by atoms with Crippen molar-refractivity contribution in [3.63, 3.8) is 0 Å². The van der Waals surface area contributed by atoms with E-state index in [0.717, 1.165) is 29.1 Å². The first-order valence-corrected chi connectivity index (χ1v) is 7.46. The van der Waals surface area contributed by atoms with Crippen molar-refractivity contribution in [2.75, 3.05) is 13.3 Å². The maximum absolute atomic E-state index is 5.42. The number of ether oxygens (including phenoxy) is 2. The van der Waals surface area contributed by atoms with Crippen molar-refractivity contribution in [2.24, 2.45) is 11.3 Å². The quantitative estimate of drug-likeness (QED) is 0.908. The van der Waals surface area contributed by atoms with E-state index < -0.39 is 0 Å². The third-order valence-corrected chi connectivity index (χ3v) is 4.33. The summed E-state index contributed by atoms with van der Waals surface area (Å²) >= 11 is 3.52. The van der Waals surface area contributed by atoms with Crippen LogP contribution in [-0.4, -0.2) is 13.3 Å². The fourth-order valence-corrected chi connectivity index (χ4v) is 2.47. The molecule has 4 heteroatoms. The fourth-order valence-electron chi connectivity index (χ4n) is 1.86. The molecule has 2 rings (SSSR count). The topological polar surface area (TPSA) is 30.5 Å². The molecular formula is C15H22BrNO2. The zero-order chi connectivity index (χ0) is 14.0. The van der Waals surface area contributed by atoms with Crippen LogP contribution >= 0.6 is 15.9 Å². The van der Waals surface area contributed by atoms with E-state index in [1.54, 1.807) is 0 Å². The van der Waals surface area contributed by atoms with Gasteiger partial charge in [0.25, 0.3) is 0 Å². The number of fused-ring (bicyclic) bond motifs is 1. The highest BCUT2D eigenvalue weighted by atomic mass is 79.9. The third kappa shape index (κ3) is 3.63. The van der Waals surface area contributed by atoms with Crippen LogP contribution < -0.4 is 14.8 Å². The first-order valence-electron chi connectivity index (χ1n) is 6.66. The van der Waals surface area contributed by atoms with Crippen LogP contribution in [-0.2, 0) is 6.54 Å². The molecule has 1 aromatic carbocycles. The Morgan fingerprint density at radius 1 is 1.32 bits per heavy atom. The van der Waals surface area contributed by atoms with E-state index in [-0.39, 0.29) is 0 Å². The molecule has 0 amide bonds. The predicted octanol–water partition coefficient (Wildman–Crippen LogP) is 3.95. The lowest BCUT2D eigenvalue weighted by Crippen LogP contribution is -2.29. The van der Waals surface area contributed by atoms with Gasteiger partial charge in [0.1, 0.15) is 0 Å². The molecule has 0 fully saturated rings. The summed E-state index contributed by atoms with van der Waals surface area (Å²) in [5.74, 6) is 2.27. The molecule has 0 spiro atoms. The van der Waals surface area contributed by atoms with Crippen LogP contribution in [0.15, 0.2) is 16.6 Å². The number of nitrogens with one attached hydrogen (secondary N) is 1. The lowest BCUT2D eigenvalue weighted by Gasteiger charge is -2.27. The molecule has 3 nitrogen and oxygen atoms in total. The van der Waals surface area contributed by atoms with E-state index in [1.165, 1.54) is 5.56 Å². The minimum absolute atomic E-state index is 0.311. The van der Waals surface area contributed by atoms with Crippen molar-refractivity contribution >= 4 is 15.9 Å². The molecule has 0 radical (unpaired) electrons. The largest absolute Gasteiger partial charge is 0.454 e. The molecule has 1 atom stereocenters. The standard InChI is InChI=1S/C15H22BrNO2/c1-10(15(2,3)4)7-17-8-11-5-12(16)14-13(6-11)18-9-19-14/h5-6,10,17H,7-9H2,1-4H3. The molecule has 1 unspecified atom stereocenters. The molecule has 1 aliphatic heterocycles. The average molecular weight is 328 g/mol. The Bertz CT molecular complexity index is 454. The Morgan fingerprint density at radius 2 is 2.05 bits per heavy atom. The molecule has 1 aromatic rings. The van der Waals surface area contributed by atoms with Gasteiger partial charge in [-0.2, -0.15) is 0 Å². The van der Waals surface area contributed by atoms with Gasteiger partial charge in [-0.3, -0.25) is 0 Å². The van der Waals surface area contributed by atoms with Crippen LogP contribution in [0.25, 0.3) is 0 Å². The van der Waals surface area contributed by atoms with E-state index in [1.807, 2.05) is 6.07 Å². The SMILES string of the molecule is CC(CNCc1cc(Br)c2c(c1)OCO2)C(C)(C)C. The Kier molecular flexibility index (Phi) is 4.41. The van der Waals surface area contributed by atoms with Gasteiger partial charge in [-0.05, 0) is 51.5 Å². The average Bonchev–Trinajstić information content (AvgIpc) is 2.76. The second-order valence-electron chi connectivity index (χ2n) is 6.21. The van der Waals surface area contributed by atoms with Gasteiger partial charge < -0.3 is 14.8 Å². The molecule has 0 saturated heterocycles. The van der Waals surface area contributed by atoms with E-state index in [2.05, 4.69) is 55.0 Å².